The largest absolute Gasteiger partial charge is 0.466 e. The maximum absolute atomic E-state index is 11.9. The zero-order valence-electron chi connectivity index (χ0n) is 11.5. The van der Waals surface area contributed by atoms with Crippen molar-refractivity contribution in [3.8, 4) is 0 Å². The summed E-state index contributed by atoms with van der Waals surface area (Å²) >= 11 is 0. The molecular formula is C14H19N3O2. The third-order valence-electron chi connectivity index (χ3n) is 3.13. The van der Waals surface area contributed by atoms with Crippen LogP contribution in [-0.2, 0) is 6.42 Å². The summed E-state index contributed by atoms with van der Waals surface area (Å²) in [7, 11) is 0. The van der Waals surface area contributed by atoms with Crippen LogP contribution in [0.25, 0.3) is 0 Å². The number of hydrogen-bond donors (Lipinski definition) is 2. The number of hydrogen-bond acceptors (Lipinski definition) is 3. The van der Waals surface area contributed by atoms with E-state index >= 15 is 0 Å². The Bertz CT molecular complexity index is 569. The molecule has 0 spiro atoms. The number of carbonyl (C=O) groups is 1. The van der Waals surface area contributed by atoms with Gasteiger partial charge in [-0.2, -0.15) is 5.10 Å². The maximum Gasteiger partial charge on any atom is 0.254 e. The molecule has 5 nitrogen and oxygen atoms in total. The van der Waals surface area contributed by atoms with Gasteiger partial charge in [0.15, 0.2) is 0 Å². The average molecular weight is 261 g/mol. The van der Waals surface area contributed by atoms with Crippen molar-refractivity contribution in [3.63, 3.8) is 0 Å². The second-order valence-electron chi connectivity index (χ2n) is 4.71. The predicted octanol–water partition coefficient (Wildman–Crippen LogP) is 2.29. The SMILES string of the molecule is Cc1cc(C(=O)NCCCc2cn[nH]c2C)c(C)o1. The number of nitrogens with zero attached hydrogens (tertiary/aromatic N) is 1. The first-order valence-corrected chi connectivity index (χ1v) is 6.42. The van der Waals surface area contributed by atoms with E-state index in [1.165, 1.54) is 5.56 Å². The molecule has 2 heterocycles. The predicted molar refractivity (Wildman–Crippen MR) is 72.2 cm³/mol. The molecule has 2 aromatic heterocycles. The van der Waals surface area contributed by atoms with E-state index in [0.717, 1.165) is 24.3 Å². The molecule has 0 saturated carbocycles. The highest BCUT2D eigenvalue weighted by molar-refractivity contribution is 5.95. The number of rotatable bonds is 5. The minimum Gasteiger partial charge on any atom is -0.466 e. The van der Waals surface area contributed by atoms with Crippen LogP contribution < -0.4 is 5.32 Å². The van der Waals surface area contributed by atoms with Crippen LogP contribution in [0, 0.1) is 20.8 Å². The number of aromatic amines is 1. The van der Waals surface area contributed by atoms with Crippen molar-refractivity contribution >= 4 is 5.91 Å². The molecule has 0 saturated heterocycles. The van der Waals surface area contributed by atoms with Crippen LogP contribution in [0.5, 0.6) is 0 Å². The topological polar surface area (TPSA) is 70.9 Å². The van der Waals surface area contributed by atoms with E-state index in [9.17, 15) is 4.79 Å². The summed E-state index contributed by atoms with van der Waals surface area (Å²) in [5, 5.41) is 9.78. The fourth-order valence-corrected chi connectivity index (χ4v) is 2.06. The molecule has 2 rings (SSSR count). The Morgan fingerprint density at radius 3 is 2.79 bits per heavy atom. The van der Waals surface area contributed by atoms with Crippen LogP contribution in [0.4, 0.5) is 0 Å². The van der Waals surface area contributed by atoms with Gasteiger partial charge in [0.1, 0.15) is 11.5 Å². The minimum absolute atomic E-state index is 0.0711. The second-order valence-corrected chi connectivity index (χ2v) is 4.71. The van der Waals surface area contributed by atoms with E-state index in [1.807, 2.05) is 20.0 Å². The monoisotopic (exact) mass is 261 g/mol. The number of H-pyrrole nitrogens is 1. The molecular weight excluding hydrogens is 242 g/mol. The maximum atomic E-state index is 11.9. The molecule has 1 amide bonds. The van der Waals surface area contributed by atoms with Crippen molar-refractivity contribution in [2.45, 2.75) is 33.6 Å². The summed E-state index contributed by atoms with van der Waals surface area (Å²) < 4.78 is 5.34. The van der Waals surface area contributed by atoms with Gasteiger partial charge in [0.2, 0.25) is 0 Å². The molecule has 2 N–H and O–H groups in total. The molecule has 0 radical (unpaired) electrons. The summed E-state index contributed by atoms with van der Waals surface area (Å²) in [5.41, 5.74) is 2.91. The van der Waals surface area contributed by atoms with Crippen molar-refractivity contribution < 1.29 is 9.21 Å². The highest BCUT2D eigenvalue weighted by Gasteiger charge is 2.12. The molecule has 19 heavy (non-hydrogen) atoms. The summed E-state index contributed by atoms with van der Waals surface area (Å²) in [6, 6.07) is 1.77. The third-order valence-corrected chi connectivity index (χ3v) is 3.13. The zero-order valence-corrected chi connectivity index (χ0v) is 11.5. The summed E-state index contributed by atoms with van der Waals surface area (Å²) in [5.74, 6) is 1.36. The Balaban J connectivity index is 1.78. The first kappa shape index (κ1) is 13.4. The lowest BCUT2D eigenvalue weighted by Gasteiger charge is -2.04. The molecule has 0 aliphatic heterocycles. The lowest BCUT2D eigenvalue weighted by atomic mass is 10.1. The van der Waals surface area contributed by atoms with Gasteiger partial charge in [0, 0.05) is 12.2 Å². The van der Waals surface area contributed by atoms with E-state index in [4.69, 9.17) is 4.42 Å². The van der Waals surface area contributed by atoms with E-state index in [0.29, 0.717) is 17.9 Å². The zero-order chi connectivity index (χ0) is 13.8. The average Bonchev–Trinajstić information content (AvgIpc) is 2.91. The van der Waals surface area contributed by atoms with Gasteiger partial charge in [0.05, 0.1) is 11.8 Å². The minimum atomic E-state index is -0.0711. The van der Waals surface area contributed by atoms with Gasteiger partial charge in [-0.3, -0.25) is 9.89 Å². The van der Waals surface area contributed by atoms with Crippen molar-refractivity contribution in [2.24, 2.45) is 0 Å². The molecule has 2 aromatic rings. The lowest BCUT2D eigenvalue weighted by Crippen LogP contribution is -2.24. The van der Waals surface area contributed by atoms with Gasteiger partial charge in [-0.25, -0.2) is 0 Å². The molecule has 102 valence electrons. The molecule has 5 heteroatoms. The molecule has 0 fully saturated rings. The number of aryl methyl sites for hydroxylation is 4. The number of nitrogens with one attached hydrogen (secondary N) is 2. The molecule has 0 aliphatic carbocycles. The van der Waals surface area contributed by atoms with Crippen molar-refractivity contribution in [1.29, 1.82) is 0 Å². The van der Waals surface area contributed by atoms with E-state index in [2.05, 4.69) is 15.5 Å². The van der Waals surface area contributed by atoms with Crippen LogP contribution in [0.15, 0.2) is 16.7 Å². The second kappa shape index (κ2) is 5.73. The summed E-state index contributed by atoms with van der Waals surface area (Å²) in [4.78, 5) is 11.9. The Morgan fingerprint density at radius 2 is 2.21 bits per heavy atom. The van der Waals surface area contributed by atoms with Crippen LogP contribution in [0.2, 0.25) is 0 Å². The Morgan fingerprint density at radius 1 is 1.42 bits per heavy atom. The van der Waals surface area contributed by atoms with Crippen LogP contribution >= 0.6 is 0 Å². The third kappa shape index (κ3) is 3.24. The van der Waals surface area contributed by atoms with Crippen LogP contribution in [0.1, 0.15) is 39.6 Å². The highest BCUT2D eigenvalue weighted by atomic mass is 16.3. The van der Waals surface area contributed by atoms with Gasteiger partial charge in [-0.15, -0.1) is 0 Å². The number of carbonyl (C=O) groups excluding carboxylic acids is 1. The number of furan rings is 1. The van der Waals surface area contributed by atoms with Gasteiger partial charge in [-0.05, 0) is 45.2 Å². The van der Waals surface area contributed by atoms with Crippen LogP contribution in [-0.4, -0.2) is 22.6 Å². The summed E-state index contributed by atoms with van der Waals surface area (Å²) in [6.07, 6.45) is 3.63. The van der Waals surface area contributed by atoms with E-state index in [-0.39, 0.29) is 5.91 Å². The smallest absolute Gasteiger partial charge is 0.254 e. The molecule has 0 bridgehead atoms. The van der Waals surface area contributed by atoms with Crippen molar-refractivity contribution in [1.82, 2.24) is 15.5 Å². The van der Waals surface area contributed by atoms with Crippen molar-refractivity contribution in [3.05, 3.63) is 40.6 Å². The number of aromatic nitrogens is 2. The van der Waals surface area contributed by atoms with Gasteiger partial charge in [-0.1, -0.05) is 0 Å². The Labute approximate surface area is 112 Å². The fraction of sp³-hybridized carbons (Fsp3) is 0.429. The Kier molecular flexibility index (Phi) is 4.04. The highest BCUT2D eigenvalue weighted by Crippen LogP contribution is 2.13. The quantitative estimate of drug-likeness (QED) is 0.811. The molecule has 0 aliphatic rings. The van der Waals surface area contributed by atoms with Crippen LogP contribution in [0.3, 0.4) is 0 Å². The van der Waals surface area contributed by atoms with Gasteiger partial charge in [0.25, 0.3) is 5.91 Å². The molecule has 0 unspecified atom stereocenters. The van der Waals surface area contributed by atoms with Gasteiger partial charge < -0.3 is 9.73 Å². The normalized spacial score (nSPS) is 10.7. The first-order valence-electron chi connectivity index (χ1n) is 6.42. The lowest BCUT2D eigenvalue weighted by molar-refractivity contribution is 0.0951. The van der Waals surface area contributed by atoms with E-state index < -0.39 is 0 Å². The summed E-state index contributed by atoms with van der Waals surface area (Å²) in [6.45, 7) is 6.29. The molecule has 0 atom stereocenters. The van der Waals surface area contributed by atoms with Crippen molar-refractivity contribution in [2.75, 3.05) is 6.54 Å². The first-order chi connectivity index (χ1) is 9.08. The molecule has 0 aromatic carbocycles. The fourth-order valence-electron chi connectivity index (χ4n) is 2.06. The van der Waals surface area contributed by atoms with E-state index in [1.54, 1.807) is 13.0 Å². The standard InChI is InChI=1S/C14H19N3O2/c1-9-7-13(11(3)19-9)14(18)15-6-4-5-12-8-16-17-10(12)2/h7-8H,4-6H2,1-3H3,(H,15,18)(H,16,17). The Hall–Kier alpha value is -2.04. The van der Waals surface area contributed by atoms with Gasteiger partial charge >= 0.3 is 0 Å². The number of amides is 1.